The van der Waals surface area contributed by atoms with Gasteiger partial charge in [0.05, 0.1) is 5.56 Å². The number of aromatic hydroxyl groups is 2. The number of fused-ring (bicyclic) bond motifs is 1. The molecule has 0 bridgehead atoms. The smallest absolute Gasteiger partial charge is 0.259 e. The minimum absolute atomic E-state index is 0.0522. The van der Waals surface area contributed by atoms with E-state index in [9.17, 15) is 15.0 Å². The van der Waals surface area contributed by atoms with Crippen molar-refractivity contribution in [3.63, 3.8) is 0 Å². The van der Waals surface area contributed by atoms with Gasteiger partial charge in [0.2, 0.25) is 0 Å². The lowest BCUT2D eigenvalue weighted by atomic mass is 10.0. The van der Waals surface area contributed by atoms with Crippen LogP contribution < -0.4 is 10.6 Å². The fraction of sp³-hybridized carbons (Fsp3) is 0.188. The summed E-state index contributed by atoms with van der Waals surface area (Å²) in [5.74, 6) is -0.662. The summed E-state index contributed by atoms with van der Waals surface area (Å²) in [6, 6.07) is 9.57. The number of phenolic OH excluding ortho intramolecular Hbond substituents is 2. The average molecular weight is 284 g/mol. The van der Waals surface area contributed by atoms with Crippen molar-refractivity contribution in [3.05, 3.63) is 47.5 Å². The fourth-order valence-corrected chi connectivity index (χ4v) is 2.52. The number of amides is 1. The summed E-state index contributed by atoms with van der Waals surface area (Å²) in [7, 11) is 0. The molecule has 3 rings (SSSR count). The molecule has 2 aromatic rings. The van der Waals surface area contributed by atoms with Gasteiger partial charge in [-0.1, -0.05) is 6.07 Å². The maximum atomic E-state index is 12.3. The third-order valence-electron chi connectivity index (χ3n) is 3.57. The summed E-state index contributed by atoms with van der Waals surface area (Å²) >= 11 is 0. The molecule has 0 unspecified atom stereocenters. The molecule has 1 aliphatic rings. The van der Waals surface area contributed by atoms with E-state index >= 15 is 0 Å². The largest absolute Gasteiger partial charge is 0.508 e. The molecule has 0 fully saturated rings. The van der Waals surface area contributed by atoms with Crippen molar-refractivity contribution in [3.8, 4) is 11.5 Å². The number of benzene rings is 2. The molecule has 0 saturated carbocycles. The molecule has 1 heterocycles. The normalized spacial score (nSPS) is 13.1. The molecular formula is C16H16N2O3. The van der Waals surface area contributed by atoms with Crippen LogP contribution in [0.4, 0.5) is 11.4 Å². The second kappa shape index (κ2) is 5.36. The van der Waals surface area contributed by atoms with Gasteiger partial charge in [0.25, 0.3) is 5.91 Å². The van der Waals surface area contributed by atoms with Gasteiger partial charge in [0.1, 0.15) is 11.5 Å². The van der Waals surface area contributed by atoms with Crippen LogP contribution >= 0.6 is 0 Å². The third-order valence-corrected chi connectivity index (χ3v) is 3.57. The summed E-state index contributed by atoms with van der Waals surface area (Å²) in [6.45, 7) is 0.928. The van der Waals surface area contributed by atoms with Crippen LogP contribution in [0.5, 0.6) is 11.5 Å². The van der Waals surface area contributed by atoms with Crippen molar-refractivity contribution >= 4 is 17.3 Å². The van der Waals surface area contributed by atoms with Gasteiger partial charge in [-0.15, -0.1) is 0 Å². The van der Waals surface area contributed by atoms with E-state index in [0.717, 1.165) is 36.3 Å². The Labute approximate surface area is 122 Å². The average Bonchev–Trinajstić information content (AvgIpc) is 2.50. The first-order valence-corrected chi connectivity index (χ1v) is 6.84. The number of hydrogen-bond donors (Lipinski definition) is 4. The van der Waals surface area contributed by atoms with Crippen LogP contribution in [0, 0.1) is 0 Å². The molecule has 5 nitrogen and oxygen atoms in total. The third kappa shape index (κ3) is 2.63. The van der Waals surface area contributed by atoms with Crippen LogP contribution in [0.2, 0.25) is 0 Å². The second-order valence-corrected chi connectivity index (χ2v) is 5.02. The molecular weight excluding hydrogens is 268 g/mol. The Hall–Kier alpha value is -2.69. The highest BCUT2D eigenvalue weighted by atomic mass is 16.3. The molecule has 108 valence electrons. The number of phenols is 2. The lowest BCUT2D eigenvalue weighted by molar-refractivity contribution is 0.102. The van der Waals surface area contributed by atoms with Crippen molar-refractivity contribution < 1.29 is 15.0 Å². The molecule has 1 aliphatic heterocycles. The van der Waals surface area contributed by atoms with E-state index in [0.29, 0.717) is 0 Å². The fourth-order valence-electron chi connectivity index (χ4n) is 2.52. The molecule has 1 amide bonds. The van der Waals surface area contributed by atoms with Crippen LogP contribution in [-0.2, 0) is 6.42 Å². The van der Waals surface area contributed by atoms with Gasteiger partial charge in [-0.3, -0.25) is 4.79 Å². The van der Waals surface area contributed by atoms with E-state index in [-0.39, 0.29) is 17.1 Å². The van der Waals surface area contributed by atoms with Gasteiger partial charge in [-0.05, 0) is 48.7 Å². The van der Waals surface area contributed by atoms with E-state index in [1.54, 1.807) is 0 Å². The Balaban J connectivity index is 1.90. The van der Waals surface area contributed by atoms with Crippen LogP contribution in [0.25, 0.3) is 0 Å². The predicted octanol–water partition coefficient (Wildman–Crippen LogP) is 2.71. The lowest BCUT2D eigenvalue weighted by Crippen LogP contribution is -2.17. The zero-order valence-electron chi connectivity index (χ0n) is 11.4. The van der Waals surface area contributed by atoms with Crippen molar-refractivity contribution in [2.24, 2.45) is 0 Å². The van der Waals surface area contributed by atoms with Crippen molar-refractivity contribution in [1.82, 2.24) is 0 Å². The van der Waals surface area contributed by atoms with Gasteiger partial charge in [0, 0.05) is 17.9 Å². The van der Waals surface area contributed by atoms with Crippen LogP contribution in [0.3, 0.4) is 0 Å². The predicted molar refractivity (Wildman–Crippen MR) is 81.0 cm³/mol. The zero-order chi connectivity index (χ0) is 14.8. The molecule has 0 radical (unpaired) electrons. The minimum atomic E-state index is -0.442. The standard InChI is InChI=1S/C16H16N2O3/c19-10-6-7-15(20)12(9-10)16(21)18-14-5-1-4-13-11(14)3-2-8-17-13/h1,4-7,9,17,19-20H,2-3,8H2,(H,18,21). The van der Waals surface area contributed by atoms with Gasteiger partial charge < -0.3 is 20.8 Å². The minimum Gasteiger partial charge on any atom is -0.508 e. The van der Waals surface area contributed by atoms with Gasteiger partial charge in [-0.25, -0.2) is 0 Å². The first kappa shape index (κ1) is 13.3. The Morgan fingerprint density at radius 3 is 2.90 bits per heavy atom. The van der Waals surface area contributed by atoms with E-state index in [4.69, 9.17) is 0 Å². The van der Waals surface area contributed by atoms with Crippen LogP contribution in [0.1, 0.15) is 22.3 Å². The second-order valence-electron chi connectivity index (χ2n) is 5.02. The molecule has 21 heavy (non-hydrogen) atoms. The Kier molecular flexibility index (Phi) is 3.39. The van der Waals surface area contributed by atoms with Crippen molar-refractivity contribution in [2.75, 3.05) is 17.2 Å². The number of rotatable bonds is 2. The number of anilines is 2. The number of nitrogens with one attached hydrogen (secondary N) is 2. The van der Waals surface area contributed by atoms with Crippen molar-refractivity contribution in [2.45, 2.75) is 12.8 Å². The summed E-state index contributed by atoms with van der Waals surface area (Å²) in [6.07, 6.45) is 1.90. The maximum Gasteiger partial charge on any atom is 0.259 e. The van der Waals surface area contributed by atoms with E-state index in [1.165, 1.54) is 18.2 Å². The number of carbonyl (C=O) groups is 1. The number of hydrogen-bond acceptors (Lipinski definition) is 4. The SMILES string of the molecule is O=C(Nc1cccc2c1CCCN2)c1cc(O)ccc1O. The quantitative estimate of drug-likeness (QED) is 0.639. The molecule has 5 heteroatoms. The van der Waals surface area contributed by atoms with Gasteiger partial charge in [0.15, 0.2) is 0 Å². The topological polar surface area (TPSA) is 81.6 Å². The number of carbonyl (C=O) groups excluding carboxylic acids is 1. The lowest BCUT2D eigenvalue weighted by Gasteiger charge is -2.21. The monoisotopic (exact) mass is 284 g/mol. The van der Waals surface area contributed by atoms with Crippen LogP contribution in [0.15, 0.2) is 36.4 Å². The highest BCUT2D eigenvalue weighted by Gasteiger charge is 2.17. The molecule has 0 saturated heterocycles. The molecule has 0 spiro atoms. The Morgan fingerprint density at radius 1 is 1.19 bits per heavy atom. The van der Waals surface area contributed by atoms with Crippen LogP contribution in [-0.4, -0.2) is 22.7 Å². The van der Waals surface area contributed by atoms with Gasteiger partial charge in [-0.2, -0.15) is 0 Å². The summed E-state index contributed by atoms with van der Waals surface area (Å²) in [5, 5.41) is 25.3. The zero-order valence-corrected chi connectivity index (χ0v) is 11.4. The molecule has 0 aliphatic carbocycles. The van der Waals surface area contributed by atoms with E-state index in [1.807, 2.05) is 18.2 Å². The molecule has 4 N–H and O–H groups in total. The van der Waals surface area contributed by atoms with E-state index < -0.39 is 5.91 Å². The molecule has 0 atom stereocenters. The summed E-state index contributed by atoms with van der Waals surface area (Å²) < 4.78 is 0. The van der Waals surface area contributed by atoms with E-state index in [2.05, 4.69) is 10.6 Å². The molecule has 2 aromatic carbocycles. The summed E-state index contributed by atoms with van der Waals surface area (Å²) in [5.41, 5.74) is 2.87. The Morgan fingerprint density at radius 2 is 2.05 bits per heavy atom. The van der Waals surface area contributed by atoms with Gasteiger partial charge >= 0.3 is 0 Å². The highest BCUT2D eigenvalue weighted by Crippen LogP contribution is 2.30. The maximum absolute atomic E-state index is 12.3. The first-order valence-electron chi connectivity index (χ1n) is 6.84. The van der Waals surface area contributed by atoms with Crippen molar-refractivity contribution in [1.29, 1.82) is 0 Å². The highest BCUT2D eigenvalue weighted by molar-refractivity contribution is 6.07. The molecule has 0 aromatic heterocycles. The summed E-state index contributed by atoms with van der Waals surface area (Å²) in [4.78, 5) is 12.3. The first-order chi connectivity index (χ1) is 10.1. The Bertz CT molecular complexity index is 698.